The van der Waals surface area contributed by atoms with E-state index in [1.54, 1.807) is 122 Å². The van der Waals surface area contributed by atoms with Gasteiger partial charge in [-0.1, -0.05) is 144 Å². The van der Waals surface area contributed by atoms with E-state index in [1.807, 2.05) is 128 Å². The normalized spacial score (nSPS) is 12.3. The third-order valence-electron chi connectivity index (χ3n) is 20.3. The van der Waals surface area contributed by atoms with Gasteiger partial charge in [-0.15, -0.1) is 0 Å². The van der Waals surface area contributed by atoms with E-state index in [9.17, 15) is 51.2 Å². The number of aryl methyl sites for hydroxylation is 4. The number of nitrogens with two attached hydrogens (primary N) is 1. The van der Waals surface area contributed by atoms with Crippen LogP contribution in [0, 0.1) is 45.1 Å². The van der Waals surface area contributed by atoms with Crippen LogP contribution in [-0.4, -0.2) is 92.7 Å². The third kappa shape index (κ3) is 20.1. The molecule has 0 saturated carbocycles. The molecule has 16 rings (SSSR count). The predicted molar refractivity (Wildman–Crippen MR) is 487 cm³/mol. The van der Waals surface area contributed by atoms with Crippen molar-refractivity contribution in [3.8, 4) is 22.7 Å². The summed E-state index contributed by atoms with van der Waals surface area (Å²) in [6.07, 6.45) is 4.81. The minimum atomic E-state index is -4.17. The van der Waals surface area contributed by atoms with E-state index in [0.29, 0.717) is 84.1 Å². The van der Waals surface area contributed by atoms with E-state index >= 15 is 0 Å². The van der Waals surface area contributed by atoms with Crippen LogP contribution in [0.4, 0.5) is 46.5 Å². The fourth-order valence-corrected chi connectivity index (χ4v) is 18.2. The molecule has 652 valence electrons. The molecule has 0 amide bonds. The van der Waals surface area contributed by atoms with E-state index in [1.165, 1.54) is 62.7 Å². The summed E-state index contributed by atoms with van der Waals surface area (Å²) in [6, 6.07) is 59.4. The second kappa shape index (κ2) is 35.1. The number of sulfonamides is 4. The van der Waals surface area contributed by atoms with Gasteiger partial charge in [0, 0.05) is 76.2 Å². The maximum Gasteiger partial charge on any atom is 0.263 e. The maximum atomic E-state index is 14.6. The summed E-state index contributed by atoms with van der Waals surface area (Å²) in [5.41, 5.74) is 16.4. The second-order valence-corrected chi connectivity index (χ2v) is 41.0. The van der Waals surface area contributed by atoms with E-state index < -0.39 is 75.0 Å². The van der Waals surface area contributed by atoms with Gasteiger partial charge in [0.1, 0.15) is 47.4 Å². The highest BCUT2D eigenvalue weighted by Gasteiger charge is 2.30. The summed E-state index contributed by atoms with van der Waals surface area (Å²) in [6.45, 7) is 30.0. The number of rotatable bonds is 17. The number of pyridine rings is 4. The van der Waals surface area contributed by atoms with Crippen LogP contribution in [0.1, 0.15) is 134 Å². The Morgan fingerprint density at radius 3 is 1.24 bits per heavy atom. The lowest BCUT2D eigenvalue weighted by molar-refractivity contribution is 0.473. The van der Waals surface area contributed by atoms with Crippen LogP contribution in [0.3, 0.4) is 0 Å². The van der Waals surface area contributed by atoms with Crippen molar-refractivity contribution in [1.29, 1.82) is 0 Å². The van der Waals surface area contributed by atoms with E-state index in [0.717, 1.165) is 50.9 Å². The Hall–Kier alpha value is -13.2. The number of nitrogen functional groups attached to an aromatic ring is 1. The molecule has 0 aliphatic heterocycles. The number of para-hydroxylation sites is 1. The lowest BCUT2D eigenvalue weighted by Crippen LogP contribution is -2.18. The molecule has 25 nitrogen and oxygen atoms in total. The molecular formula is C93H95F4N17O8S4. The molecule has 8 aromatic heterocycles. The standard InChI is InChI=1S/C24H26N4O2S.C23H22F2N4O2S.C23H24FN5O2S.C23H23FN4O2S/c1-16-14-22(20-8-6-7-9-21(20)25-16)28-23(15-17(2)26-28)27-31(29,30)19-12-10-18(11-13-19)24(3,4)5;1-23(2,3)18-10-9-16(13-19(18)25)32(30,31)28-22-12-15(14-24)27-29(22)21-8-4-7-20-17(21)6-5-11-26-20;1-14-12-21(28-32(30,31)15-7-8-17(18(24)13-15)23(2,3)4)29(27-14)20-10-9-19(25)22-16(20)6-5-11-26-22;1-15-13-22(27-31(29,30)18-8-5-16(6-9-18)23(2,3)4)28(26-15)21-11-12-25-20-14-17(24)7-10-19(20)21/h6-15,27H,1-5H3;4-13,28H,14H2,1-3H3;5-13,28H,25H2,1-4H3;5-14,27H,1-4H3. The van der Waals surface area contributed by atoms with Gasteiger partial charge in [0.25, 0.3) is 40.1 Å². The third-order valence-corrected chi connectivity index (χ3v) is 25.8. The van der Waals surface area contributed by atoms with Crippen LogP contribution >= 0.6 is 0 Å². The minimum Gasteiger partial charge on any atom is -0.397 e. The first kappa shape index (κ1) is 90.5. The van der Waals surface area contributed by atoms with Crippen LogP contribution in [0.25, 0.3) is 66.4 Å². The Morgan fingerprint density at radius 1 is 0.341 bits per heavy atom. The maximum absolute atomic E-state index is 14.6. The zero-order valence-electron chi connectivity index (χ0n) is 72.1. The number of nitrogens with zero attached hydrogens (tertiary/aromatic N) is 12. The Bertz CT molecular complexity index is 7300. The summed E-state index contributed by atoms with van der Waals surface area (Å²) in [5, 5.41) is 20.6. The summed E-state index contributed by atoms with van der Waals surface area (Å²) < 4.78 is 177. The Balaban J connectivity index is 0.000000144. The molecule has 0 aliphatic rings. The predicted octanol–water partition coefficient (Wildman–Crippen LogP) is 19.8. The van der Waals surface area contributed by atoms with Crippen LogP contribution < -0.4 is 24.6 Å². The fourth-order valence-electron chi connectivity index (χ4n) is 14.0. The minimum absolute atomic E-state index is 0.0364. The number of nitrogens with one attached hydrogen (secondary N) is 4. The van der Waals surface area contributed by atoms with Gasteiger partial charge in [0.05, 0.1) is 92.9 Å². The Morgan fingerprint density at radius 2 is 0.746 bits per heavy atom. The van der Waals surface area contributed by atoms with Crippen LogP contribution in [0.5, 0.6) is 0 Å². The molecule has 0 saturated heterocycles. The summed E-state index contributed by atoms with van der Waals surface area (Å²) in [4.78, 5) is 17.3. The van der Waals surface area contributed by atoms with Crippen molar-refractivity contribution in [1.82, 2.24) is 59.1 Å². The highest BCUT2D eigenvalue weighted by Crippen LogP contribution is 2.37. The van der Waals surface area contributed by atoms with Gasteiger partial charge in [0.15, 0.2) is 0 Å². The molecule has 0 bridgehead atoms. The molecule has 0 spiro atoms. The van der Waals surface area contributed by atoms with Gasteiger partial charge in [0.2, 0.25) is 0 Å². The van der Waals surface area contributed by atoms with Gasteiger partial charge in [-0.05, 0) is 199 Å². The average molecular weight is 1780 g/mol. The molecule has 16 aromatic rings. The molecule has 33 heteroatoms. The molecule has 8 aromatic carbocycles. The Labute approximate surface area is 729 Å². The van der Waals surface area contributed by atoms with Gasteiger partial charge in [-0.25, -0.2) is 70.0 Å². The molecule has 0 atom stereocenters. The largest absolute Gasteiger partial charge is 0.397 e. The number of fused-ring (bicyclic) bond motifs is 4. The topological polar surface area (TPSA) is 334 Å². The lowest BCUT2D eigenvalue weighted by atomic mass is 9.87. The van der Waals surface area contributed by atoms with Crippen molar-refractivity contribution in [2.45, 2.75) is 159 Å². The second-order valence-electron chi connectivity index (χ2n) is 34.3. The first-order chi connectivity index (χ1) is 59.2. The van der Waals surface area contributed by atoms with Crippen LogP contribution in [0.15, 0.2) is 257 Å². The number of halogens is 4. The zero-order valence-corrected chi connectivity index (χ0v) is 75.3. The number of aromatic nitrogens is 12. The van der Waals surface area contributed by atoms with Crippen molar-refractivity contribution in [3.63, 3.8) is 0 Å². The van der Waals surface area contributed by atoms with Gasteiger partial charge in [-0.2, -0.15) is 20.4 Å². The summed E-state index contributed by atoms with van der Waals surface area (Å²) in [5.74, 6) is -0.651. The molecule has 8 heterocycles. The van der Waals surface area contributed by atoms with Crippen molar-refractivity contribution >= 4 is 113 Å². The van der Waals surface area contributed by atoms with Crippen molar-refractivity contribution in [2.24, 2.45) is 0 Å². The highest BCUT2D eigenvalue weighted by molar-refractivity contribution is 7.93. The number of alkyl halides is 1. The quantitative estimate of drug-likeness (QED) is 0.0418. The van der Waals surface area contributed by atoms with E-state index in [-0.39, 0.29) is 53.6 Å². The van der Waals surface area contributed by atoms with Crippen molar-refractivity contribution < 1.29 is 51.2 Å². The number of anilines is 5. The zero-order chi connectivity index (χ0) is 91.1. The highest BCUT2D eigenvalue weighted by atomic mass is 32.2. The molecule has 0 radical (unpaired) electrons. The molecule has 0 aliphatic carbocycles. The Kier molecular flexibility index (Phi) is 25.2. The SMILES string of the molecule is CC(C)(C)c1ccc(S(=O)(=O)Nc2cc(CF)nn2-c2cccc3ncccc23)cc1F.Cc1cc(-n2nc(C)cc2NS(=O)(=O)c2ccc(C(C)(C)C)cc2)c2ccccc2n1.Cc1cc(NS(=O)(=O)c2ccc(C(C)(C)C)c(F)c2)n(-c2ccc(N)c3ncccc23)n1.Cc1cc(NS(=O)(=O)c2ccc(C(C)(C)C)cc2)n(-c2ccnc3cc(F)ccc23)n1. The van der Waals surface area contributed by atoms with E-state index in [2.05, 4.69) is 101 Å². The molecular weight excluding hydrogens is 1690 g/mol. The smallest absolute Gasteiger partial charge is 0.263 e. The molecule has 126 heavy (non-hydrogen) atoms. The molecule has 0 unspecified atom stereocenters. The number of hydrogen-bond donors (Lipinski definition) is 5. The number of hydrogen-bond acceptors (Lipinski definition) is 17. The van der Waals surface area contributed by atoms with Crippen LogP contribution in [-0.2, 0) is 68.4 Å². The molecule has 0 fully saturated rings. The van der Waals surface area contributed by atoms with Gasteiger partial charge < -0.3 is 5.73 Å². The fraction of sp³-hybridized carbons (Fsp3) is 0.226. The van der Waals surface area contributed by atoms with Crippen molar-refractivity contribution in [3.05, 3.63) is 305 Å². The van der Waals surface area contributed by atoms with Crippen molar-refractivity contribution in [2.75, 3.05) is 24.6 Å². The van der Waals surface area contributed by atoms with Gasteiger partial charge >= 0.3 is 0 Å². The molecule has 6 N–H and O–H groups in total. The summed E-state index contributed by atoms with van der Waals surface area (Å²) in [7, 11) is -15.9. The summed E-state index contributed by atoms with van der Waals surface area (Å²) >= 11 is 0. The van der Waals surface area contributed by atoms with Gasteiger partial charge in [-0.3, -0.25) is 38.8 Å². The van der Waals surface area contributed by atoms with E-state index in [4.69, 9.17) is 5.73 Å². The average Bonchev–Trinajstić information content (AvgIpc) is 1.53. The first-order valence-electron chi connectivity index (χ1n) is 39.8. The number of benzene rings is 8. The lowest BCUT2D eigenvalue weighted by Gasteiger charge is -2.20. The van der Waals surface area contributed by atoms with Crippen LogP contribution in [0.2, 0.25) is 0 Å². The monoisotopic (exact) mass is 1780 g/mol. The first-order valence-corrected chi connectivity index (χ1v) is 45.8.